The third-order valence-electron chi connectivity index (χ3n) is 4.74. The molecule has 2 aromatic rings. The maximum atomic E-state index is 12.8. The van der Waals surface area contributed by atoms with E-state index < -0.39 is 50.0 Å². The Bertz CT molecular complexity index is 1170. The van der Waals surface area contributed by atoms with Crippen LogP contribution in [0.25, 0.3) is 0 Å². The first-order chi connectivity index (χ1) is 14.3. The number of nitrogens with one attached hydrogen (secondary N) is 1. The van der Waals surface area contributed by atoms with E-state index in [4.69, 9.17) is 5.73 Å². The van der Waals surface area contributed by atoms with Gasteiger partial charge in [0.2, 0.25) is 0 Å². The summed E-state index contributed by atoms with van der Waals surface area (Å²) in [5, 5.41) is 2.47. The minimum Gasteiger partial charge on any atom is -0.364 e. The first kappa shape index (κ1) is 22.2. The van der Waals surface area contributed by atoms with Crippen molar-refractivity contribution in [2.24, 2.45) is 5.73 Å². The van der Waals surface area contributed by atoms with Gasteiger partial charge in [-0.3, -0.25) is 14.6 Å². The molecule has 1 aromatic carbocycles. The van der Waals surface area contributed by atoms with Crippen molar-refractivity contribution in [2.75, 3.05) is 4.90 Å². The van der Waals surface area contributed by atoms with Crippen LogP contribution in [0.5, 0.6) is 0 Å². The lowest BCUT2D eigenvalue weighted by Gasteiger charge is -2.18. The van der Waals surface area contributed by atoms with Crippen molar-refractivity contribution in [1.82, 2.24) is 10.3 Å². The van der Waals surface area contributed by atoms with Crippen molar-refractivity contribution >= 4 is 33.4 Å². The Morgan fingerprint density at radius 1 is 1.19 bits per heavy atom. The SMILES string of the molecule is CC(c1ccnc(C(N)=O)c1)C1NC(=O)N(c2ccc(S(=O)(=O)C(F)(F)F)cc2)C1=O. The average molecular weight is 456 g/mol. The van der Waals surface area contributed by atoms with Crippen molar-refractivity contribution < 1.29 is 36.0 Å². The molecule has 31 heavy (non-hydrogen) atoms. The lowest BCUT2D eigenvalue weighted by molar-refractivity contribution is -0.118. The largest absolute Gasteiger partial charge is 0.501 e. The average Bonchev–Trinajstić information content (AvgIpc) is 3.00. The maximum Gasteiger partial charge on any atom is 0.501 e. The number of primary amides is 1. The highest BCUT2D eigenvalue weighted by Gasteiger charge is 2.47. The Hall–Kier alpha value is -3.48. The molecular weight excluding hydrogens is 441 g/mol. The number of pyridine rings is 1. The van der Waals surface area contributed by atoms with Gasteiger partial charge >= 0.3 is 11.5 Å². The van der Waals surface area contributed by atoms with E-state index in [1.807, 2.05) is 0 Å². The summed E-state index contributed by atoms with van der Waals surface area (Å²) in [7, 11) is -5.56. The van der Waals surface area contributed by atoms with Crippen LogP contribution in [-0.2, 0) is 14.6 Å². The summed E-state index contributed by atoms with van der Waals surface area (Å²) >= 11 is 0. The van der Waals surface area contributed by atoms with Crippen LogP contribution >= 0.6 is 0 Å². The Morgan fingerprint density at radius 3 is 2.35 bits per heavy atom. The fraction of sp³-hybridized carbons (Fsp3) is 0.222. The molecule has 1 aliphatic heterocycles. The molecule has 0 aliphatic carbocycles. The number of halogens is 3. The summed E-state index contributed by atoms with van der Waals surface area (Å²) in [6.07, 6.45) is 1.32. The zero-order chi connectivity index (χ0) is 23.1. The number of sulfone groups is 1. The minimum atomic E-state index is -5.56. The number of nitrogens with two attached hydrogens (primary N) is 1. The van der Waals surface area contributed by atoms with Crippen LogP contribution in [0, 0.1) is 0 Å². The van der Waals surface area contributed by atoms with E-state index in [0.717, 1.165) is 12.1 Å². The molecule has 3 N–H and O–H groups in total. The highest BCUT2D eigenvalue weighted by molar-refractivity contribution is 7.92. The second-order valence-electron chi connectivity index (χ2n) is 6.67. The highest BCUT2D eigenvalue weighted by Crippen LogP contribution is 2.32. The standard InChI is InChI=1S/C18H15F3N4O5S/c1-9(10-6-7-23-13(8-10)15(22)26)14-16(27)25(17(28)24-14)11-2-4-12(5-3-11)31(29,30)18(19,20)21/h2-9,14H,1H3,(H2,22,26)(H,24,28). The van der Waals surface area contributed by atoms with Gasteiger partial charge in [-0.1, -0.05) is 6.92 Å². The summed E-state index contributed by atoms with van der Waals surface area (Å²) in [4.78, 5) is 40.0. The number of carbonyl (C=O) groups excluding carboxylic acids is 3. The number of hydrogen-bond donors (Lipinski definition) is 2. The first-order valence-electron chi connectivity index (χ1n) is 8.66. The fourth-order valence-electron chi connectivity index (χ4n) is 3.05. The van der Waals surface area contributed by atoms with Gasteiger partial charge < -0.3 is 11.1 Å². The molecule has 1 aromatic heterocycles. The number of imide groups is 1. The van der Waals surface area contributed by atoms with Gasteiger partial charge in [-0.15, -0.1) is 0 Å². The van der Waals surface area contributed by atoms with Gasteiger partial charge in [0.25, 0.3) is 21.7 Å². The molecule has 0 radical (unpaired) electrons. The van der Waals surface area contributed by atoms with Gasteiger partial charge in [0, 0.05) is 12.1 Å². The molecule has 1 fully saturated rings. The van der Waals surface area contributed by atoms with E-state index in [-0.39, 0.29) is 11.4 Å². The van der Waals surface area contributed by atoms with Crippen LogP contribution in [0.2, 0.25) is 0 Å². The van der Waals surface area contributed by atoms with E-state index in [9.17, 15) is 36.0 Å². The summed E-state index contributed by atoms with van der Waals surface area (Å²) in [5.74, 6) is -2.08. The Kier molecular flexibility index (Phi) is 5.48. The topological polar surface area (TPSA) is 140 Å². The number of hydrogen-bond acceptors (Lipinski definition) is 6. The third kappa shape index (κ3) is 3.95. The number of aromatic nitrogens is 1. The molecule has 3 rings (SSSR count). The third-order valence-corrected chi connectivity index (χ3v) is 6.24. The van der Waals surface area contributed by atoms with E-state index in [1.54, 1.807) is 6.92 Å². The van der Waals surface area contributed by atoms with Crippen LogP contribution in [0.15, 0.2) is 47.5 Å². The Morgan fingerprint density at radius 2 is 1.81 bits per heavy atom. The molecule has 2 unspecified atom stereocenters. The van der Waals surface area contributed by atoms with E-state index >= 15 is 0 Å². The Labute approximate surface area is 174 Å². The zero-order valence-electron chi connectivity index (χ0n) is 15.8. The molecule has 0 saturated carbocycles. The molecule has 0 bridgehead atoms. The quantitative estimate of drug-likeness (QED) is 0.657. The molecule has 164 valence electrons. The van der Waals surface area contributed by atoms with E-state index in [0.29, 0.717) is 22.6 Å². The molecule has 4 amide bonds. The van der Waals surface area contributed by atoms with Gasteiger partial charge in [0.15, 0.2) is 0 Å². The summed E-state index contributed by atoms with van der Waals surface area (Å²) in [6.45, 7) is 1.62. The first-order valence-corrected chi connectivity index (χ1v) is 10.1. The van der Waals surface area contributed by atoms with Gasteiger partial charge in [0.05, 0.1) is 10.6 Å². The number of carbonyl (C=O) groups is 3. The summed E-state index contributed by atoms with van der Waals surface area (Å²) in [5.41, 5.74) is 0.0740. The van der Waals surface area contributed by atoms with Gasteiger partial charge in [-0.2, -0.15) is 13.2 Å². The van der Waals surface area contributed by atoms with Crippen LogP contribution in [0.3, 0.4) is 0 Å². The van der Waals surface area contributed by atoms with Crippen LogP contribution in [0.4, 0.5) is 23.7 Å². The summed E-state index contributed by atoms with van der Waals surface area (Å²) in [6, 6.07) is 4.23. The molecule has 9 nitrogen and oxygen atoms in total. The number of amides is 4. The van der Waals surface area contributed by atoms with Crippen molar-refractivity contribution in [1.29, 1.82) is 0 Å². The number of nitrogens with zero attached hydrogens (tertiary/aromatic N) is 2. The zero-order valence-corrected chi connectivity index (χ0v) is 16.6. The second-order valence-corrected chi connectivity index (χ2v) is 8.61. The molecule has 2 atom stereocenters. The number of benzene rings is 1. The van der Waals surface area contributed by atoms with Crippen molar-refractivity contribution in [3.8, 4) is 0 Å². The molecular formula is C18H15F3N4O5S. The number of urea groups is 1. The highest BCUT2D eigenvalue weighted by atomic mass is 32.2. The molecule has 0 spiro atoms. The van der Waals surface area contributed by atoms with Crippen molar-refractivity contribution in [2.45, 2.75) is 29.3 Å². The Balaban J connectivity index is 1.87. The number of rotatable bonds is 5. The minimum absolute atomic E-state index is 0.0283. The smallest absolute Gasteiger partial charge is 0.364 e. The predicted octanol–water partition coefficient (Wildman–Crippen LogP) is 1.70. The molecule has 13 heteroatoms. The van der Waals surface area contributed by atoms with Crippen LogP contribution < -0.4 is 16.0 Å². The predicted molar refractivity (Wildman–Crippen MR) is 101 cm³/mol. The second kappa shape index (κ2) is 7.65. The molecule has 1 saturated heterocycles. The lowest BCUT2D eigenvalue weighted by Crippen LogP contribution is -2.35. The normalized spacial score (nSPS) is 18.1. The maximum absolute atomic E-state index is 12.8. The van der Waals surface area contributed by atoms with Gasteiger partial charge in [0.1, 0.15) is 11.7 Å². The molecule has 1 aliphatic rings. The lowest BCUT2D eigenvalue weighted by atomic mass is 9.93. The van der Waals surface area contributed by atoms with Crippen molar-refractivity contribution in [3.63, 3.8) is 0 Å². The van der Waals surface area contributed by atoms with Crippen LogP contribution in [-0.4, -0.2) is 42.8 Å². The van der Waals surface area contributed by atoms with Gasteiger partial charge in [-0.25, -0.2) is 18.1 Å². The number of anilines is 1. The van der Waals surface area contributed by atoms with E-state index in [1.165, 1.54) is 18.3 Å². The fourth-order valence-corrected chi connectivity index (χ4v) is 3.81. The monoisotopic (exact) mass is 456 g/mol. The number of alkyl halides is 3. The van der Waals surface area contributed by atoms with Crippen molar-refractivity contribution in [3.05, 3.63) is 53.9 Å². The van der Waals surface area contributed by atoms with Crippen LogP contribution in [0.1, 0.15) is 28.9 Å². The summed E-state index contributed by atoms with van der Waals surface area (Å²) < 4.78 is 61.0. The van der Waals surface area contributed by atoms with E-state index in [2.05, 4.69) is 10.3 Å². The van der Waals surface area contributed by atoms with Gasteiger partial charge in [-0.05, 0) is 42.0 Å². The molecule has 2 heterocycles.